The molecule has 2 aromatic rings. The predicted molar refractivity (Wildman–Crippen MR) is 89.9 cm³/mol. The Labute approximate surface area is 135 Å². The van der Waals surface area contributed by atoms with Crippen LogP contribution in [0.4, 0.5) is 17.2 Å². The van der Waals surface area contributed by atoms with Gasteiger partial charge in [-0.1, -0.05) is 17.7 Å². The van der Waals surface area contributed by atoms with E-state index in [4.69, 9.17) is 11.6 Å². The van der Waals surface area contributed by atoms with E-state index in [-0.39, 0.29) is 0 Å². The highest BCUT2D eigenvalue weighted by atomic mass is 35.5. The average molecular weight is 341 g/mol. The molecular weight excluding hydrogens is 324 g/mol. The van der Waals surface area contributed by atoms with Gasteiger partial charge in [0.15, 0.2) is 0 Å². The second-order valence-corrected chi connectivity index (χ2v) is 7.15. The Kier molecular flexibility index (Phi) is 4.90. The van der Waals surface area contributed by atoms with E-state index in [2.05, 4.69) is 15.0 Å². The van der Waals surface area contributed by atoms with Crippen LogP contribution in [-0.2, 0) is 10.2 Å². The lowest BCUT2D eigenvalue weighted by molar-refractivity contribution is 0.527. The number of pyridine rings is 1. The summed E-state index contributed by atoms with van der Waals surface area (Å²) >= 11 is 6.07. The molecule has 0 unspecified atom stereocenters. The Bertz CT molecular complexity index is 761. The monoisotopic (exact) mass is 340 g/mol. The molecule has 0 aliphatic carbocycles. The van der Waals surface area contributed by atoms with E-state index in [9.17, 15) is 8.42 Å². The third-order valence-corrected chi connectivity index (χ3v) is 4.89. The van der Waals surface area contributed by atoms with Gasteiger partial charge in [0.1, 0.15) is 5.82 Å². The van der Waals surface area contributed by atoms with E-state index in [0.29, 0.717) is 16.5 Å². The van der Waals surface area contributed by atoms with Gasteiger partial charge >= 0.3 is 10.2 Å². The zero-order valence-electron chi connectivity index (χ0n) is 12.5. The van der Waals surface area contributed by atoms with Crippen LogP contribution >= 0.6 is 11.6 Å². The first kappa shape index (κ1) is 16.5. The van der Waals surface area contributed by atoms with Crippen LogP contribution in [0.3, 0.4) is 0 Å². The number of aromatic nitrogens is 1. The molecule has 0 bridgehead atoms. The summed E-state index contributed by atoms with van der Waals surface area (Å²) in [7, 11) is -0.626. The van der Waals surface area contributed by atoms with E-state index >= 15 is 0 Å². The summed E-state index contributed by atoms with van der Waals surface area (Å²) in [5, 5.41) is 3.81. The molecule has 1 aromatic carbocycles. The smallest absolute Gasteiger partial charge is 0.301 e. The van der Waals surface area contributed by atoms with Crippen LogP contribution in [-0.4, -0.2) is 31.8 Å². The largest absolute Gasteiger partial charge is 0.340 e. The SMILES string of the molecule is Cc1c(Cl)cccc1Nc1ccc(NS(=O)(=O)N(C)C)cn1. The highest BCUT2D eigenvalue weighted by Gasteiger charge is 2.13. The quantitative estimate of drug-likeness (QED) is 0.877. The highest BCUT2D eigenvalue weighted by Crippen LogP contribution is 2.25. The van der Waals surface area contributed by atoms with Crippen LogP contribution < -0.4 is 10.0 Å². The first-order chi connectivity index (χ1) is 10.3. The van der Waals surface area contributed by atoms with Crippen LogP contribution in [0, 0.1) is 6.92 Å². The molecule has 22 heavy (non-hydrogen) atoms. The van der Waals surface area contributed by atoms with Gasteiger partial charge in [-0.25, -0.2) is 4.98 Å². The summed E-state index contributed by atoms with van der Waals surface area (Å²) in [5.41, 5.74) is 2.16. The molecule has 2 N–H and O–H groups in total. The maximum atomic E-state index is 11.7. The first-order valence-electron chi connectivity index (χ1n) is 6.48. The predicted octanol–water partition coefficient (Wildman–Crippen LogP) is 3.01. The number of anilines is 3. The summed E-state index contributed by atoms with van der Waals surface area (Å²) in [6, 6.07) is 8.88. The van der Waals surface area contributed by atoms with Gasteiger partial charge in [-0.3, -0.25) is 4.72 Å². The molecule has 0 saturated heterocycles. The van der Waals surface area contributed by atoms with Crippen molar-refractivity contribution >= 4 is 39.0 Å². The zero-order valence-corrected chi connectivity index (χ0v) is 14.0. The average Bonchev–Trinajstić information content (AvgIpc) is 2.45. The molecular formula is C14H17ClN4O2S. The van der Waals surface area contributed by atoms with E-state index in [1.54, 1.807) is 12.1 Å². The lowest BCUT2D eigenvalue weighted by atomic mass is 10.2. The fraction of sp³-hybridized carbons (Fsp3) is 0.214. The molecule has 1 aromatic heterocycles. The normalized spacial score (nSPS) is 11.5. The minimum Gasteiger partial charge on any atom is -0.340 e. The Morgan fingerprint density at radius 2 is 1.91 bits per heavy atom. The van der Waals surface area contributed by atoms with E-state index in [1.807, 2.05) is 25.1 Å². The first-order valence-corrected chi connectivity index (χ1v) is 8.30. The van der Waals surface area contributed by atoms with Crippen molar-refractivity contribution in [2.75, 3.05) is 24.1 Å². The lowest BCUT2D eigenvalue weighted by Crippen LogP contribution is -2.28. The van der Waals surface area contributed by atoms with Crippen molar-refractivity contribution in [3.05, 3.63) is 47.1 Å². The fourth-order valence-electron chi connectivity index (χ4n) is 1.65. The van der Waals surface area contributed by atoms with Crippen LogP contribution in [0.25, 0.3) is 0 Å². The highest BCUT2D eigenvalue weighted by molar-refractivity contribution is 7.90. The fourth-order valence-corrected chi connectivity index (χ4v) is 2.42. The summed E-state index contributed by atoms with van der Waals surface area (Å²) in [4.78, 5) is 4.19. The maximum absolute atomic E-state index is 11.7. The van der Waals surface area contributed by atoms with Crippen molar-refractivity contribution in [1.29, 1.82) is 0 Å². The lowest BCUT2D eigenvalue weighted by Gasteiger charge is -2.14. The Morgan fingerprint density at radius 1 is 1.18 bits per heavy atom. The molecule has 0 spiro atoms. The van der Waals surface area contributed by atoms with Gasteiger partial charge in [-0.05, 0) is 36.8 Å². The number of hydrogen-bond donors (Lipinski definition) is 2. The van der Waals surface area contributed by atoms with Crippen molar-refractivity contribution in [2.45, 2.75) is 6.92 Å². The minimum absolute atomic E-state index is 0.391. The number of nitrogens with zero attached hydrogens (tertiary/aromatic N) is 2. The molecule has 2 rings (SSSR count). The van der Waals surface area contributed by atoms with E-state index in [0.717, 1.165) is 15.6 Å². The summed E-state index contributed by atoms with van der Waals surface area (Å²) in [6.45, 7) is 1.91. The number of benzene rings is 1. The summed E-state index contributed by atoms with van der Waals surface area (Å²) in [6.07, 6.45) is 1.45. The van der Waals surface area contributed by atoms with Crippen molar-refractivity contribution in [3.63, 3.8) is 0 Å². The summed E-state index contributed by atoms with van der Waals surface area (Å²) < 4.78 is 26.9. The van der Waals surface area contributed by atoms with Crippen LogP contribution in [0.1, 0.15) is 5.56 Å². The maximum Gasteiger partial charge on any atom is 0.301 e. The van der Waals surface area contributed by atoms with Gasteiger partial charge in [-0.15, -0.1) is 0 Å². The molecule has 8 heteroatoms. The van der Waals surface area contributed by atoms with Gasteiger partial charge in [0.05, 0.1) is 11.9 Å². The summed E-state index contributed by atoms with van der Waals surface area (Å²) in [5.74, 6) is 0.596. The minimum atomic E-state index is -3.53. The van der Waals surface area contributed by atoms with Crippen LogP contribution in [0.2, 0.25) is 5.02 Å². The van der Waals surface area contributed by atoms with Crippen molar-refractivity contribution < 1.29 is 8.42 Å². The molecule has 0 aliphatic heterocycles. The van der Waals surface area contributed by atoms with Gasteiger partial charge in [0.25, 0.3) is 0 Å². The molecule has 6 nitrogen and oxygen atoms in total. The zero-order chi connectivity index (χ0) is 16.3. The topological polar surface area (TPSA) is 74.3 Å². The standard InChI is InChI=1S/C14H17ClN4O2S/c1-10-12(15)5-4-6-13(10)17-14-8-7-11(9-16-14)18-22(20,21)19(2)3/h4-9,18H,1-3H3,(H,16,17). The molecule has 0 amide bonds. The number of hydrogen-bond acceptors (Lipinski definition) is 4. The Morgan fingerprint density at radius 3 is 2.50 bits per heavy atom. The molecule has 0 saturated carbocycles. The van der Waals surface area contributed by atoms with E-state index < -0.39 is 10.2 Å². The molecule has 0 fully saturated rings. The molecule has 0 atom stereocenters. The Balaban J connectivity index is 2.14. The van der Waals surface area contributed by atoms with Gasteiger partial charge in [-0.2, -0.15) is 12.7 Å². The second kappa shape index (κ2) is 6.51. The van der Waals surface area contributed by atoms with Gasteiger partial charge in [0, 0.05) is 24.8 Å². The van der Waals surface area contributed by atoms with E-state index in [1.165, 1.54) is 20.3 Å². The second-order valence-electron chi connectivity index (χ2n) is 4.86. The molecule has 118 valence electrons. The number of rotatable bonds is 5. The number of halogens is 1. The van der Waals surface area contributed by atoms with Crippen molar-refractivity contribution in [1.82, 2.24) is 9.29 Å². The van der Waals surface area contributed by atoms with Gasteiger partial charge < -0.3 is 5.32 Å². The van der Waals surface area contributed by atoms with Crippen molar-refractivity contribution in [2.24, 2.45) is 0 Å². The third-order valence-electron chi connectivity index (χ3n) is 3.02. The number of nitrogens with one attached hydrogen (secondary N) is 2. The molecule has 0 radical (unpaired) electrons. The molecule has 1 heterocycles. The third kappa shape index (κ3) is 3.88. The van der Waals surface area contributed by atoms with Crippen LogP contribution in [0.15, 0.2) is 36.5 Å². The van der Waals surface area contributed by atoms with Crippen LogP contribution in [0.5, 0.6) is 0 Å². The Hall–Kier alpha value is -1.83. The van der Waals surface area contributed by atoms with Gasteiger partial charge in [0.2, 0.25) is 0 Å². The van der Waals surface area contributed by atoms with Crippen molar-refractivity contribution in [3.8, 4) is 0 Å². The molecule has 0 aliphatic rings.